The van der Waals surface area contributed by atoms with Crippen LogP contribution >= 0.6 is 0 Å². The van der Waals surface area contributed by atoms with E-state index in [1.165, 1.54) is 0 Å². The van der Waals surface area contributed by atoms with Crippen LogP contribution in [0.3, 0.4) is 0 Å². The molecule has 3 aliphatic rings. The average molecular weight is 429 g/mol. The van der Waals surface area contributed by atoms with Crippen LogP contribution in [-0.4, -0.2) is 76.4 Å². The van der Waals surface area contributed by atoms with E-state index in [0.29, 0.717) is 32.6 Å². The third kappa shape index (κ3) is 5.52. The largest absolute Gasteiger partial charge is 0.343 e. The van der Waals surface area contributed by atoms with Crippen molar-refractivity contribution in [2.24, 2.45) is 5.92 Å². The number of hydrogen-bond donors (Lipinski definition) is 3. The number of carbonyl (C=O) groups is 3. The molecule has 1 aliphatic carbocycles. The lowest BCUT2D eigenvalue weighted by atomic mass is 10.1. The fraction of sp³-hybridized carbons (Fsp3) is 0.636. The summed E-state index contributed by atoms with van der Waals surface area (Å²) in [5.41, 5.74) is 0.930. The van der Waals surface area contributed by atoms with Gasteiger partial charge in [-0.1, -0.05) is 6.07 Å². The molecule has 1 aromatic rings. The Labute approximate surface area is 182 Å². The molecule has 1 saturated carbocycles. The molecule has 4 rings (SSSR count). The number of carbonyl (C=O) groups excluding carboxylic acids is 3. The summed E-state index contributed by atoms with van der Waals surface area (Å²) in [6.07, 6.45) is 4.25. The van der Waals surface area contributed by atoms with Crippen molar-refractivity contribution in [3.8, 4) is 0 Å². The zero-order chi connectivity index (χ0) is 22.0. The van der Waals surface area contributed by atoms with E-state index in [-0.39, 0.29) is 41.9 Å². The van der Waals surface area contributed by atoms with Gasteiger partial charge in [0.15, 0.2) is 0 Å². The zero-order valence-electron chi connectivity index (χ0n) is 18.2. The fourth-order valence-corrected chi connectivity index (χ4v) is 4.45. The van der Waals surface area contributed by atoms with Crippen LogP contribution in [0.15, 0.2) is 24.4 Å². The average Bonchev–Trinajstić information content (AvgIpc) is 3.50. The summed E-state index contributed by atoms with van der Waals surface area (Å²) in [4.78, 5) is 46.4. The number of aromatic nitrogens is 1. The molecule has 168 valence electrons. The lowest BCUT2D eigenvalue weighted by Crippen LogP contribution is -2.52. The van der Waals surface area contributed by atoms with Crippen molar-refractivity contribution in [1.29, 1.82) is 0 Å². The molecule has 3 fully saturated rings. The molecule has 3 heterocycles. The van der Waals surface area contributed by atoms with Gasteiger partial charge >= 0.3 is 6.03 Å². The number of rotatable bonds is 6. The Hall–Kier alpha value is -2.68. The van der Waals surface area contributed by atoms with Gasteiger partial charge in [0.25, 0.3) is 0 Å². The van der Waals surface area contributed by atoms with Gasteiger partial charge in [-0.15, -0.1) is 0 Å². The molecular formula is C22H32N6O3. The van der Waals surface area contributed by atoms with E-state index >= 15 is 0 Å². The summed E-state index contributed by atoms with van der Waals surface area (Å²) in [6, 6.07) is 4.93. The van der Waals surface area contributed by atoms with Gasteiger partial charge in [-0.2, -0.15) is 0 Å². The monoisotopic (exact) mass is 428 g/mol. The summed E-state index contributed by atoms with van der Waals surface area (Å²) < 4.78 is 0. The van der Waals surface area contributed by atoms with Crippen molar-refractivity contribution >= 4 is 17.8 Å². The minimum atomic E-state index is -0.579. The quantitative estimate of drug-likeness (QED) is 0.611. The molecule has 0 radical (unpaired) electrons. The maximum atomic E-state index is 13.4. The topological polar surface area (TPSA) is 107 Å². The van der Waals surface area contributed by atoms with Crippen LogP contribution in [0.5, 0.6) is 0 Å². The Balaban J connectivity index is 1.47. The predicted molar refractivity (Wildman–Crippen MR) is 115 cm³/mol. The van der Waals surface area contributed by atoms with Crippen molar-refractivity contribution in [1.82, 2.24) is 30.7 Å². The molecule has 2 aliphatic heterocycles. The molecule has 9 heteroatoms. The van der Waals surface area contributed by atoms with Gasteiger partial charge in [0, 0.05) is 50.4 Å². The van der Waals surface area contributed by atoms with Gasteiger partial charge in [-0.3, -0.25) is 19.5 Å². The number of urea groups is 1. The smallest absolute Gasteiger partial charge is 0.315 e. The number of hydrogen-bond acceptors (Lipinski definition) is 5. The van der Waals surface area contributed by atoms with E-state index in [2.05, 4.69) is 25.8 Å². The van der Waals surface area contributed by atoms with Gasteiger partial charge in [0.1, 0.15) is 6.04 Å². The molecule has 3 N–H and O–H groups in total. The normalized spacial score (nSPS) is 26.4. The zero-order valence-corrected chi connectivity index (χ0v) is 18.2. The van der Waals surface area contributed by atoms with Crippen molar-refractivity contribution < 1.29 is 14.4 Å². The molecule has 0 aromatic carbocycles. The summed E-state index contributed by atoms with van der Waals surface area (Å²) in [6.45, 7) is 6.04. The molecule has 1 aromatic heterocycles. The Kier molecular flexibility index (Phi) is 6.41. The minimum Gasteiger partial charge on any atom is -0.343 e. The molecule has 2 saturated heterocycles. The van der Waals surface area contributed by atoms with Crippen LogP contribution in [0, 0.1) is 5.92 Å². The highest BCUT2D eigenvalue weighted by Gasteiger charge is 2.44. The molecule has 0 unspecified atom stereocenters. The highest BCUT2D eigenvalue weighted by atomic mass is 16.2. The number of amides is 4. The van der Waals surface area contributed by atoms with E-state index in [4.69, 9.17) is 0 Å². The first-order valence-electron chi connectivity index (χ1n) is 11.2. The minimum absolute atomic E-state index is 0.0108. The van der Waals surface area contributed by atoms with Crippen LogP contribution in [0.4, 0.5) is 4.79 Å². The number of nitrogens with one attached hydrogen (secondary N) is 3. The lowest BCUT2D eigenvalue weighted by Gasteiger charge is -2.25. The lowest BCUT2D eigenvalue weighted by molar-refractivity contribution is -0.136. The third-order valence-electron chi connectivity index (χ3n) is 6.04. The van der Waals surface area contributed by atoms with Crippen LogP contribution in [0.2, 0.25) is 0 Å². The second-order valence-corrected chi connectivity index (χ2v) is 9.20. The highest BCUT2D eigenvalue weighted by molar-refractivity contribution is 5.90. The summed E-state index contributed by atoms with van der Waals surface area (Å²) >= 11 is 0. The van der Waals surface area contributed by atoms with Crippen LogP contribution in [-0.2, 0) is 16.1 Å². The van der Waals surface area contributed by atoms with Crippen molar-refractivity contribution in [3.63, 3.8) is 0 Å². The van der Waals surface area contributed by atoms with Gasteiger partial charge in [0.2, 0.25) is 11.8 Å². The van der Waals surface area contributed by atoms with Crippen LogP contribution in [0.25, 0.3) is 0 Å². The van der Waals surface area contributed by atoms with Crippen molar-refractivity contribution in [2.45, 2.75) is 63.8 Å². The van der Waals surface area contributed by atoms with Crippen LogP contribution < -0.4 is 16.0 Å². The predicted octanol–water partition coefficient (Wildman–Crippen LogP) is 0.469. The van der Waals surface area contributed by atoms with E-state index < -0.39 is 6.04 Å². The van der Waals surface area contributed by atoms with Gasteiger partial charge in [-0.05, 0) is 45.2 Å². The molecule has 3 atom stereocenters. The molecule has 0 bridgehead atoms. The Morgan fingerprint density at radius 2 is 1.97 bits per heavy atom. The number of fused-ring (bicyclic) bond motifs is 1. The number of nitrogens with zero attached hydrogens (tertiary/aromatic N) is 3. The molecule has 9 nitrogen and oxygen atoms in total. The van der Waals surface area contributed by atoms with E-state index in [1.807, 2.05) is 36.9 Å². The first kappa shape index (κ1) is 21.5. The van der Waals surface area contributed by atoms with E-state index in [9.17, 15) is 14.4 Å². The SMILES string of the molecule is CC(C)NC(=O)N[C@H]1C[C@H]2CN(Cc3ccccn3)C[C@H](NC(=O)C3CC3)C(=O)N2C1. The highest BCUT2D eigenvalue weighted by Crippen LogP contribution is 2.30. The Morgan fingerprint density at radius 1 is 1.16 bits per heavy atom. The van der Waals surface area contributed by atoms with E-state index in [0.717, 1.165) is 18.5 Å². The maximum Gasteiger partial charge on any atom is 0.315 e. The summed E-state index contributed by atoms with van der Waals surface area (Å²) in [7, 11) is 0. The molecular weight excluding hydrogens is 396 g/mol. The van der Waals surface area contributed by atoms with Gasteiger partial charge in [-0.25, -0.2) is 4.79 Å². The first-order chi connectivity index (χ1) is 14.9. The second-order valence-electron chi connectivity index (χ2n) is 9.20. The van der Waals surface area contributed by atoms with Crippen LogP contribution in [0.1, 0.15) is 38.8 Å². The second kappa shape index (κ2) is 9.21. The number of pyridine rings is 1. The van der Waals surface area contributed by atoms with Crippen molar-refractivity contribution in [2.75, 3.05) is 19.6 Å². The maximum absolute atomic E-state index is 13.4. The summed E-state index contributed by atoms with van der Waals surface area (Å²) in [5, 5.41) is 8.82. The van der Waals surface area contributed by atoms with Gasteiger partial charge < -0.3 is 20.9 Å². The van der Waals surface area contributed by atoms with Crippen molar-refractivity contribution in [3.05, 3.63) is 30.1 Å². The molecule has 0 spiro atoms. The van der Waals surface area contributed by atoms with E-state index in [1.54, 1.807) is 6.20 Å². The Morgan fingerprint density at radius 3 is 2.65 bits per heavy atom. The third-order valence-corrected chi connectivity index (χ3v) is 6.04. The van der Waals surface area contributed by atoms with Gasteiger partial charge in [0.05, 0.1) is 11.7 Å². The summed E-state index contributed by atoms with van der Waals surface area (Å²) in [5.74, 6) is -0.0420. The molecule has 4 amide bonds. The fourth-order valence-electron chi connectivity index (χ4n) is 4.45. The Bertz CT molecular complexity index is 813. The molecule has 31 heavy (non-hydrogen) atoms. The standard InChI is InChI=1S/C22H32N6O3/c1-14(2)24-22(31)25-17-9-18-12-27(10-16-5-3-4-8-23-16)13-19(21(30)28(18)11-17)26-20(29)15-6-7-15/h3-5,8,14-15,17-19H,6-7,9-13H2,1-2H3,(H,26,29)(H2,24,25,31)/t17-,18-,19-/m0/s1. The first-order valence-corrected chi connectivity index (χ1v) is 11.2.